The third-order valence-electron chi connectivity index (χ3n) is 6.71. The van der Waals surface area contributed by atoms with Crippen molar-refractivity contribution in [2.45, 2.75) is 39.7 Å². The molecule has 1 aromatic heterocycles. The third kappa shape index (κ3) is 5.17. The van der Waals surface area contributed by atoms with Gasteiger partial charge in [0, 0.05) is 54.5 Å². The van der Waals surface area contributed by atoms with Crippen molar-refractivity contribution in [2.24, 2.45) is 5.92 Å². The molecule has 1 aromatic carbocycles. The Morgan fingerprint density at radius 2 is 2.00 bits per heavy atom. The highest BCUT2D eigenvalue weighted by Crippen LogP contribution is 2.24. The van der Waals surface area contributed by atoms with Crippen molar-refractivity contribution in [3.63, 3.8) is 0 Å². The van der Waals surface area contributed by atoms with Crippen molar-refractivity contribution in [1.29, 1.82) is 0 Å². The number of aryl methyl sites for hydroxylation is 2. The fourth-order valence-corrected chi connectivity index (χ4v) is 4.87. The molecule has 2 fully saturated rings. The van der Waals surface area contributed by atoms with Crippen molar-refractivity contribution in [3.8, 4) is 5.69 Å². The summed E-state index contributed by atoms with van der Waals surface area (Å²) in [6.07, 6.45) is 1.36. The van der Waals surface area contributed by atoms with Crippen molar-refractivity contribution in [3.05, 3.63) is 45.7 Å². The molecule has 0 radical (unpaired) electrons. The number of carbonyl (C=O) groups excluding carboxylic acids is 1. The Bertz CT molecular complexity index is 949. The largest absolute Gasteiger partial charge is 0.381 e. The Kier molecular flexibility index (Phi) is 7.51. The summed E-state index contributed by atoms with van der Waals surface area (Å²) in [5.41, 5.74) is 4.72. The highest BCUT2D eigenvalue weighted by atomic mass is 35.5. The lowest BCUT2D eigenvalue weighted by atomic mass is 9.96. The van der Waals surface area contributed by atoms with Gasteiger partial charge in [-0.25, -0.2) is 4.68 Å². The second-order valence-corrected chi connectivity index (χ2v) is 9.22. The minimum Gasteiger partial charge on any atom is -0.381 e. The Labute approximate surface area is 195 Å². The maximum absolute atomic E-state index is 12.9. The van der Waals surface area contributed by atoms with Crippen molar-refractivity contribution in [1.82, 2.24) is 20.0 Å². The van der Waals surface area contributed by atoms with Crippen molar-refractivity contribution >= 4 is 17.5 Å². The molecule has 8 heteroatoms. The summed E-state index contributed by atoms with van der Waals surface area (Å²) >= 11 is 6.31. The molecule has 0 aliphatic carbocycles. The van der Waals surface area contributed by atoms with Crippen LogP contribution in [0.3, 0.4) is 0 Å². The van der Waals surface area contributed by atoms with E-state index in [4.69, 9.17) is 21.1 Å². The number of ether oxygens (including phenoxy) is 2. The highest BCUT2D eigenvalue weighted by molar-refractivity contribution is 6.31. The number of rotatable bonds is 7. The van der Waals surface area contributed by atoms with Gasteiger partial charge in [-0.15, -0.1) is 0 Å². The molecule has 2 aromatic rings. The van der Waals surface area contributed by atoms with Crippen LogP contribution in [0.25, 0.3) is 5.69 Å². The smallest absolute Gasteiger partial charge is 0.224 e. The fraction of sp³-hybridized carbons (Fsp3) is 0.583. The Morgan fingerprint density at radius 1 is 1.22 bits per heavy atom. The molecule has 32 heavy (non-hydrogen) atoms. The summed E-state index contributed by atoms with van der Waals surface area (Å²) in [4.78, 5) is 15.4. The van der Waals surface area contributed by atoms with Crippen molar-refractivity contribution in [2.75, 3.05) is 46.1 Å². The van der Waals surface area contributed by atoms with Crippen LogP contribution in [0, 0.1) is 26.7 Å². The summed E-state index contributed by atoms with van der Waals surface area (Å²) in [5, 5.41) is 8.57. The standard InChI is InChI=1S/C24H33ClN4O3/c1-16-4-5-20(12-22(16)25)29-18(3)21(17(2)27-29)13-24(30)26-14-23(19-6-9-32-15-19)28-7-10-31-11-8-28/h4-5,12,19,23H,6-11,13-15H2,1-3H3,(H,26,30). The summed E-state index contributed by atoms with van der Waals surface area (Å²) in [5.74, 6) is 0.473. The van der Waals surface area contributed by atoms with Gasteiger partial charge >= 0.3 is 0 Å². The fourth-order valence-electron chi connectivity index (χ4n) is 4.70. The number of hydrogen-bond acceptors (Lipinski definition) is 5. The van der Waals surface area contributed by atoms with Gasteiger partial charge in [0.25, 0.3) is 0 Å². The minimum atomic E-state index is 0.0230. The van der Waals surface area contributed by atoms with E-state index in [0.717, 1.165) is 74.1 Å². The van der Waals surface area contributed by atoms with E-state index in [1.807, 2.05) is 43.7 Å². The van der Waals surface area contributed by atoms with Gasteiger partial charge < -0.3 is 14.8 Å². The molecule has 3 heterocycles. The number of hydrogen-bond donors (Lipinski definition) is 1. The van der Waals surface area contributed by atoms with Gasteiger partial charge in [-0.2, -0.15) is 5.10 Å². The quantitative estimate of drug-likeness (QED) is 0.688. The maximum Gasteiger partial charge on any atom is 0.224 e. The van der Waals surface area contributed by atoms with E-state index in [1.54, 1.807) is 0 Å². The van der Waals surface area contributed by atoms with Gasteiger partial charge in [-0.1, -0.05) is 17.7 Å². The molecule has 2 aliphatic rings. The summed E-state index contributed by atoms with van der Waals surface area (Å²) in [6, 6.07) is 6.18. The van der Waals surface area contributed by atoms with Gasteiger partial charge in [0.05, 0.1) is 37.6 Å². The van der Waals surface area contributed by atoms with Gasteiger partial charge in [0.1, 0.15) is 0 Å². The SMILES string of the molecule is Cc1ccc(-n2nc(C)c(CC(=O)NCC(C3CCOC3)N3CCOCC3)c2C)cc1Cl. The lowest BCUT2D eigenvalue weighted by molar-refractivity contribution is -0.121. The zero-order chi connectivity index (χ0) is 22.7. The Hall–Kier alpha value is -1.93. The molecule has 0 saturated carbocycles. The van der Waals surface area contributed by atoms with Crippen LogP contribution in [-0.4, -0.2) is 72.7 Å². The molecular formula is C24H33ClN4O3. The van der Waals surface area contributed by atoms with Gasteiger partial charge in [-0.05, 0) is 44.9 Å². The summed E-state index contributed by atoms with van der Waals surface area (Å²) in [7, 11) is 0. The predicted octanol–water partition coefficient (Wildman–Crippen LogP) is 2.85. The van der Waals surface area contributed by atoms with Crippen molar-refractivity contribution < 1.29 is 14.3 Å². The van der Waals surface area contributed by atoms with E-state index < -0.39 is 0 Å². The lowest BCUT2D eigenvalue weighted by Gasteiger charge is -2.37. The molecule has 2 saturated heterocycles. The van der Waals surface area contributed by atoms with Gasteiger partial charge in [0.15, 0.2) is 0 Å². The number of aromatic nitrogens is 2. The topological polar surface area (TPSA) is 68.6 Å². The average Bonchev–Trinajstić information content (AvgIpc) is 3.41. The molecule has 1 amide bonds. The number of nitrogens with one attached hydrogen (secondary N) is 1. The van der Waals surface area contributed by atoms with Crippen LogP contribution < -0.4 is 5.32 Å². The first-order chi connectivity index (χ1) is 15.4. The molecule has 1 N–H and O–H groups in total. The van der Waals surface area contributed by atoms with Crippen LogP contribution in [0.15, 0.2) is 18.2 Å². The van der Waals surface area contributed by atoms with Crippen LogP contribution in [0.5, 0.6) is 0 Å². The number of benzene rings is 1. The van der Waals surface area contributed by atoms with Gasteiger partial charge in [0.2, 0.25) is 5.91 Å². The molecule has 0 bridgehead atoms. The number of nitrogens with zero attached hydrogens (tertiary/aromatic N) is 3. The second-order valence-electron chi connectivity index (χ2n) is 8.81. The molecule has 2 aliphatic heterocycles. The van der Waals surface area contributed by atoms with Gasteiger partial charge in [-0.3, -0.25) is 9.69 Å². The molecule has 174 valence electrons. The second kappa shape index (κ2) is 10.3. The lowest BCUT2D eigenvalue weighted by Crippen LogP contribution is -2.52. The maximum atomic E-state index is 12.9. The molecular weight excluding hydrogens is 428 g/mol. The Balaban J connectivity index is 1.43. The normalized spacial score (nSPS) is 20.4. The molecule has 4 rings (SSSR count). The highest BCUT2D eigenvalue weighted by Gasteiger charge is 2.32. The molecule has 0 spiro atoms. The molecule has 2 atom stereocenters. The van der Waals surface area contributed by atoms with Crippen LogP contribution >= 0.6 is 11.6 Å². The van der Waals surface area contributed by atoms with E-state index in [0.29, 0.717) is 23.9 Å². The monoisotopic (exact) mass is 460 g/mol. The van der Waals surface area contributed by atoms with Crippen LogP contribution in [0.1, 0.15) is 28.9 Å². The van der Waals surface area contributed by atoms with Crippen LogP contribution in [-0.2, 0) is 20.7 Å². The molecule has 2 unspecified atom stereocenters. The first kappa shape index (κ1) is 23.2. The van der Waals surface area contributed by atoms with E-state index in [1.165, 1.54) is 0 Å². The van der Waals surface area contributed by atoms with Crippen LogP contribution in [0.4, 0.5) is 0 Å². The van der Waals surface area contributed by atoms with Crippen LogP contribution in [0.2, 0.25) is 5.02 Å². The zero-order valence-corrected chi connectivity index (χ0v) is 20.0. The number of morpholine rings is 1. The molecule has 7 nitrogen and oxygen atoms in total. The third-order valence-corrected chi connectivity index (χ3v) is 7.12. The zero-order valence-electron chi connectivity index (χ0n) is 19.2. The summed E-state index contributed by atoms with van der Waals surface area (Å²) < 4.78 is 13.0. The van der Waals surface area contributed by atoms with E-state index >= 15 is 0 Å². The number of carbonyl (C=O) groups is 1. The van der Waals surface area contributed by atoms with E-state index in [-0.39, 0.29) is 11.9 Å². The number of amides is 1. The minimum absolute atomic E-state index is 0.0230. The number of halogens is 1. The average molecular weight is 461 g/mol. The van der Waals surface area contributed by atoms with E-state index in [2.05, 4.69) is 15.3 Å². The summed E-state index contributed by atoms with van der Waals surface area (Å²) in [6.45, 7) is 11.4. The first-order valence-corrected chi connectivity index (χ1v) is 11.8. The Morgan fingerprint density at radius 3 is 2.69 bits per heavy atom. The first-order valence-electron chi connectivity index (χ1n) is 11.4. The predicted molar refractivity (Wildman–Crippen MR) is 125 cm³/mol. The van der Waals surface area contributed by atoms with E-state index in [9.17, 15) is 4.79 Å².